The van der Waals surface area contributed by atoms with Crippen LogP contribution in [0.2, 0.25) is 0 Å². The number of ether oxygens (including phenoxy) is 2. The zero-order valence-corrected chi connectivity index (χ0v) is 17.0. The first kappa shape index (κ1) is 19.5. The number of benzene rings is 2. The highest BCUT2D eigenvalue weighted by Crippen LogP contribution is 2.18. The second kappa shape index (κ2) is 8.69. The predicted octanol–water partition coefficient (Wildman–Crippen LogP) is 4.16. The molecule has 2 heterocycles. The topological polar surface area (TPSA) is 64.9 Å². The van der Waals surface area contributed by atoms with Crippen molar-refractivity contribution >= 4 is 11.6 Å². The molecule has 2 aromatic heterocycles. The standard InChI is InChI=1S/C24H23N3O3/c1-17-10-11-23-26-20(15-27(23)14-17)16-30-21-8-5-7-18(12-21)24(28)25-13-19-6-3-4-9-22(19)29-2/h3-12,14-15H,13,16H2,1-2H3,(H,25,28). The Morgan fingerprint density at radius 1 is 1.07 bits per heavy atom. The SMILES string of the molecule is COc1ccccc1CNC(=O)c1cccc(OCc2cn3cc(C)ccc3n2)c1. The van der Waals surface area contributed by atoms with E-state index in [2.05, 4.69) is 10.3 Å². The van der Waals surface area contributed by atoms with E-state index in [0.717, 1.165) is 22.7 Å². The Kier molecular flexibility index (Phi) is 5.66. The Hall–Kier alpha value is -3.80. The molecule has 30 heavy (non-hydrogen) atoms. The van der Waals surface area contributed by atoms with Crippen LogP contribution in [0.4, 0.5) is 0 Å². The summed E-state index contributed by atoms with van der Waals surface area (Å²) in [4.78, 5) is 17.1. The van der Waals surface area contributed by atoms with Crippen LogP contribution >= 0.6 is 0 Å². The van der Waals surface area contributed by atoms with E-state index in [1.807, 2.05) is 66.2 Å². The molecule has 0 aliphatic rings. The number of amides is 1. The molecule has 0 atom stereocenters. The van der Waals surface area contributed by atoms with Gasteiger partial charge in [-0.15, -0.1) is 0 Å². The Morgan fingerprint density at radius 3 is 2.80 bits per heavy atom. The number of rotatable bonds is 7. The number of carbonyl (C=O) groups is 1. The zero-order chi connectivity index (χ0) is 20.9. The monoisotopic (exact) mass is 401 g/mol. The van der Waals surface area contributed by atoms with Gasteiger partial charge in [0.1, 0.15) is 23.8 Å². The summed E-state index contributed by atoms with van der Waals surface area (Å²) in [5.41, 5.74) is 4.32. The molecule has 0 fully saturated rings. The number of hydrogen-bond acceptors (Lipinski definition) is 4. The fourth-order valence-corrected chi connectivity index (χ4v) is 3.24. The lowest BCUT2D eigenvalue weighted by Crippen LogP contribution is -2.23. The fraction of sp³-hybridized carbons (Fsp3) is 0.167. The highest BCUT2D eigenvalue weighted by Gasteiger charge is 2.09. The first-order valence-corrected chi connectivity index (χ1v) is 9.69. The lowest BCUT2D eigenvalue weighted by molar-refractivity contribution is 0.0950. The van der Waals surface area contributed by atoms with E-state index in [9.17, 15) is 4.79 Å². The molecule has 2 aromatic carbocycles. The molecule has 152 valence electrons. The Bertz CT molecular complexity index is 1180. The van der Waals surface area contributed by atoms with Gasteiger partial charge in [-0.2, -0.15) is 0 Å². The first-order valence-electron chi connectivity index (χ1n) is 9.69. The van der Waals surface area contributed by atoms with Gasteiger partial charge in [0.05, 0.1) is 12.8 Å². The second-order valence-corrected chi connectivity index (χ2v) is 7.02. The molecule has 0 unspecified atom stereocenters. The number of hydrogen-bond donors (Lipinski definition) is 1. The number of fused-ring (bicyclic) bond motifs is 1. The van der Waals surface area contributed by atoms with Crippen molar-refractivity contribution in [2.75, 3.05) is 7.11 Å². The summed E-state index contributed by atoms with van der Waals surface area (Å²) in [6.45, 7) is 2.75. The van der Waals surface area contributed by atoms with Crippen LogP contribution in [0.5, 0.6) is 11.5 Å². The molecule has 0 saturated heterocycles. The molecule has 0 aliphatic heterocycles. The number of pyridine rings is 1. The van der Waals surface area contributed by atoms with Gasteiger partial charge in [0.2, 0.25) is 0 Å². The van der Waals surface area contributed by atoms with Crippen molar-refractivity contribution in [1.82, 2.24) is 14.7 Å². The molecular weight excluding hydrogens is 378 g/mol. The minimum Gasteiger partial charge on any atom is -0.496 e. The largest absolute Gasteiger partial charge is 0.496 e. The average molecular weight is 401 g/mol. The van der Waals surface area contributed by atoms with Gasteiger partial charge in [-0.25, -0.2) is 4.98 Å². The van der Waals surface area contributed by atoms with Gasteiger partial charge in [0, 0.05) is 30.1 Å². The average Bonchev–Trinajstić information content (AvgIpc) is 3.18. The van der Waals surface area contributed by atoms with Gasteiger partial charge in [-0.3, -0.25) is 4.79 Å². The molecular formula is C24H23N3O3. The molecule has 0 bridgehead atoms. The van der Waals surface area contributed by atoms with Crippen LogP contribution in [-0.2, 0) is 13.2 Å². The highest BCUT2D eigenvalue weighted by atomic mass is 16.5. The molecule has 0 spiro atoms. The number of imidazole rings is 1. The first-order chi connectivity index (χ1) is 14.6. The van der Waals surface area contributed by atoms with Gasteiger partial charge in [-0.1, -0.05) is 30.3 Å². The maximum absolute atomic E-state index is 12.6. The summed E-state index contributed by atoms with van der Waals surface area (Å²) in [7, 11) is 1.62. The van der Waals surface area contributed by atoms with Gasteiger partial charge in [0.25, 0.3) is 5.91 Å². The summed E-state index contributed by atoms with van der Waals surface area (Å²) in [5.74, 6) is 1.19. The molecule has 0 radical (unpaired) electrons. The number of methoxy groups -OCH3 is 1. The summed E-state index contributed by atoms with van der Waals surface area (Å²) in [5, 5.41) is 2.92. The van der Waals surface area contributed by atoms with E-state index in [4.69, 9.17) is 9.47 Å². The van der Waals surface area contributed by atoms with Gasteiger partial charge in [-0.05, 0) is 42.8 Å². The van der Waals surface area contributed by atoms with Crippen LogP contribution in [0.1, 0.15) is 27.2 Å². The highest BCUT2D eigenvalue weighted by molar-refractivity contribution is 5.94. The van der Waals surface area contributed by atoms with Gasteiger partial charge >= 0.3 is 0 Å². The minimum absolute atomic E-state index is 0.172. The fourth-order valence-electron chi connectivity index (χ4n) is 3.24. The van der Waals surface area contributed by atoms with Crippen molar-refractivity contribution in [3.05, 3.63) is 95.4 Å². The summed E-state index contributed by atoms with van der Waals surface area (Å²) in [6, 6.07) is 18.7. The zero-order valence-electron chi connectivity index (χ0n) is 17.0. The number of nitrogens with zero attached hydrogens (tertiary/aromatic N) is 2. The van der Waals surface area contributed by atoms with Crippen LogP contribution < -0.4 is 14.8 Å². The number of aromatic nitrogens is 2. The van der Waals surface area contributed by atoms with Crippen molar-refractivity contribution in [2.24, 2.45) is 0 Å². The smallest absolute Gasteiger partial charge is 0.251 e. The Balaban J connectivity index is 1.39. The summed E-state index contributed by atoms with van der Waals surface area (Å²) >= 11 is 0. The number of aryl methyl sites for hydroxylation is 1. The quantitative estimate of drug-likeness (QED) is 0.505. The molecule has 0 saturated carbocycles. The third-order valence-corrected chi connectivity index (χ3v) is 4.76. The Labute approximate surface area is 175 Å². The van der Waals surface area contributed by atoms with E-state index >= 15 is 0 Å². The third-order valence-electron chi connectivity index (χ3n) is 4.76. The van der Waals surface area contributed by atoms with Crippen LogP contribution in [0.15, 0.2) is 73.1 Å². The number of nitrogens with one attached hydrogen (secondary N) is 1. The van der Waals surface area contributed by atoms with Crippen molar-refractivity contribution in [1.29, 1.82) is 0 Å². The van der Waals surface area contributed by atoms with Gasteiger partial charge < -0.3 is 19.2 Å². The van der Waals surface area contributed by atoms with E-state index in [-0.39, 0.29) is 5.91 Å². The molecule has 0 aliphatic carbocycles. The number of para-hydroxylation sites is 1. The normalized spacial score (nSPS) is 10.7. The minimum atomic E-state index is -0.172. The molecule has 1 amide bonds. The summed E-state index contributed by atoms with van der Waals surface area (Å²) in [6.07, 6.45) is 3.98. The third kappa shape index (κ3) is 4.43. The molecule has 6 nitrogen and oxygen atoms in total. The van der Waals surface area contributed by atoms with Crippen molar-refractivity contribution in [3.63, 3.8) is 0 Å². The molecule has 1 N–H and O–H groups in total. The van der Waals surface area contributed by atoms with E-state index in [0.29, 0.717) is 24.5 Å². The van der Waals surface area contributed by atoms with E-state index in [1.54, 1.807) is 25.3 Å². The van der Waals surface area contributed by atoms with Crippen LogP contribution in [0.25, 0.3) is 5.65 Å². The maximum atomic E-state index is 12.6. The van der Waals surface area contributed by atoms with Crippen molar-refractivity contribution in [2.45, 2.75) is 20.1 Å². The van der Waals surface area contributed by atoms with Crippen molar-refractivity contribution in [3.8, 4) is 11.5 Å². The van der Waals surface area contributed by atoms with Crippen LogP contribution in [-0.4, -0.2) is 22.4 Å². The predicted molar refractivity (Wildman–Crippen MR) is 115 cm³/mol. The lowest BCUT2D eigenvalue weighted by atomic mass is 10.1. The van der Waals surface area contributed by atoms with Crippen molar-refractivity contribution < 1.29 is 14.3 Å². The number of carbonyl (C=O) groups excluding carboxylic acids is 1. The second-order valence-electron chi connectivity index (χ2n) is 7.02. The maximum Gasteiger partial charge on any atom is 0.251 e. The molecule has 4 aromatic rings. The van der Waals surface area contributed by atoms with Crippen LogP contribution in [0, 0.1) is 6.92 Å². The van der Waals surface area contributed by atoms with E-state index < -0.39 is 0 Å². The van der Waals surface area contributed by atoms with Gasteiger partial charge in [0.15, 0.2) is 0 Å². The van der Waals surface area contributed by atoms with Crippen LogP contribution in [0.3, 0.4) is 0 Å². The van der Waals surface area contributed by atoms with E-state index in [1.165, 1.54) is 5.56 Å². The molecule has 6 heteroatoms. The lowest BCUT2D eigenvalue weighted by Gasteiger charge is -2.10. The molecule has 4 rings (SSSR count). The summed E-state index contributed by atoms with van der Waals surface area (Å²) < 4.78 is 13.2. The Morgan fingerprint density at radius 2 is 1.93 bits per heavy atom.